The Morgan fingerprint density at radius 3 is 2.04 bits per heavy atom. The number of benzene rings is 3. The third-order valence-corrected chi connectivity index (χ3v) is 9.24. The lowest BCUT2D eigenvalue weighted by Crippen LogP contribution is -2.64. The highest BCUT2D eigenvalue weighted by atomic mass is 32.2. The molecule has 45 heavy (non-hydrogen) atoms. The Labute approximate surface area is 268 Å². The molecule has 1 fully saturated rings. The van der Waals surface area contributed by atoms with Gasteiger partial charge in [0, 0.05) is 24.5 Å². The van der Waals surface area contributed by atoms with Crippen LogP contribution in [0, 0.1) is 0 Å². The summed E-state index contributed by atoms with van der Waals surface area (Å²) in [4.78, 5) is 45.4. The van der Waals surface area contributed by atoms with Gasteiger partial charge in [-0.2, -0.15) is 0 Å². The van der Waals surface area contributed by atoms with Crippen molar-refractivity contribution in [1.29, 1.82) is 0 Å². The number of β-lactam (4-membered cyclic amide) rings is 1. The number of rotatable bonds is 10. The molecule has 3 aromatic rings. The summed E-state index contributed by atoms with van der Waals surface area (Å²) in [5.41, 5.74) is 4.63. The number of phenols is 1. The number of hydrogen-bond donors (Lipinski definition) is 1. The number of nitrogens with zero attached hydrogens (tertiary/aromatic N) is 2. The largest absolute Gasteiger partial charge is 0.507 e. The van der Waals surface area contributed by atoms with E-state index in [1.54, 1.807) is 6.21 Å². The van der Waals surface area contributed by atoms with Crippen molar-refractivity contribution in [2.45, 2.75) is 64.0 Å². The van der Waals surface area contributed by atoms with Gasteiger partial charge in [0.05, 0.1) is 0 Å². The first-order valence-corrected chi connectivity index (χ1v) is 16.1. The van der Waals surface area contributed by atoms with Crippen molar-refractivity contribution < 1.29 is 29.0 Å². The van der Waals surface area contributed by atoms with Crippen LogP contribution in [0.4, 0.5) is 0 Å². The first-order chi connectivity index (χ1) is 21.6. The summed E-state index contributed by atoms with van der Waals surface area (Å²) in [5, 5.41) is 10.4. The predicted octanol–water partition coefficient (Wildman–Crippen LogP) is 6.49. The van der Waals surface area contributed by atoms with Crippen molar-refractivity contribution in [2.75, 3.05) is 12.4 Å². The highest BCUT2D eigenvalue weighted by Crippen LogP contribution is 2.43. The number of amides is 1. The Morgan fingerprint density at radius 1 is 0.978 bits per heavy atom. The van der Waals surface area contributed by atoms with Crippen molar-refractivity contribution in [3.05, 3.63) is 112 Å². The summed E-state index contributed by atoms with van der Waals surface area (Å²) < 4.78 is 11.4. The lowest BCUT2D eigenvalue weighted by Gasteiger charge is -2.48. The van der Waals surface area contributed by atoms with Gasteiger partial charge >= 0.3 is 11.9 Å². The second-order valence-electron chi connectivity index (χ2n) is 11.8. The van der Waals surface area contributed by atoms with Crippen molar-refractivity contribution >= 4 is 35.8 Å². The van der Waals surface area contributed by atoms with Crippen LogP contribution < -0.4 is 0 Å². The topological polar surface area (TPSA) is 106 Å². The molecule has 2 atom stereocenters. The number of thioether (sulfide) groups is 1. The highest BCUT2D eigenvalue weighted by Gasteiger charge is 2.54. The van der Waals surface area contributed by atoms with Crippen LogP contribution in [0.25, 0.3) is 0 Å². The SMILES string of the molecule is CC(=O)OCC1=C(C(=O)OC(c2ccccc2)c2ccccc2)N2C(=O)C(N=Cc3cc(C(C)C)c(O)c(C(C)C)c3)[C@@H]2SC1. The van der Waals surface area contributed by atoms with Gasteiger partial charge in [-0.15, -0.1) is 11.8 Å². The summed E-state index contributed by atoms with van der Waals surface area (Å²) in [5.74, 6) is -0.610. The van der Waals surface area contributed by atoms with E-state index in [-0.39, 0.29) is 30.0 Å². The number of aliphatic imine (C=N–C) groups is 1. The molecule has 2 aliphatic rings. The van der Waals surface area contributed by atoms with Crippen molar-refractivity contribution in [1.82, 2.24) is 4.90 Å². The van der Waals surface area contributed by atoms with Crippen LogP contribution in [0.5, 0.6) is 5.75 Å². The fraction of sp³-hybridized carbons (Fsp3) is 0.333. The molecule has 0 radical (unpaired) electrons. The van der Waals surface area contributed by atoms with Crippen LogP contribution in [0.2, 0.25) is 0 Å². The maximum absolute atomic E-state index is 14.0. The van der Waals surface area contributed by atoms with E-state index in [0.717, 1.165) is 27.8 Å². The summed E-state index contributed by atoms with van der Waals surface area (Å²) in [6.07, 6.45) is 0.967. The molecule has 5 rings (SSSR count). The van der Waals surface area contributed by atoms with E-state index < -0.39 is 29.5 Å². The first kappa shape index (κ1) is 32.0. The van der Waals surface area contributed by atoms with Crippen molar-refractivity contribution in [3.63, 3.8) is 0 Å². The summed E-state index contributed by atoms with van der Waals surface area (Å²) in [6, 6.07) is 21.9. The van der Waals surface area contributed by atoms with Gasteiger partial charge in [-0.3, -0.25) is 19.5 Å². The number of ether oxygens (including phenoxy) is 2. The Kier molecular flexibility index (Phi) is 9.77. The number of carbonyl (C=O) groups excluding carboxylic acids is 3. The van der Waals surface area contributed by atoms with Gasteiger partial charge in [0.2, 0.25) is 0 Å². The van der Waals surface area contributed by atoms with E-state index in [0.29, 0.717) is 17.1 Å². The summed E-state index contributed by atoms with van der Waals surface area (Å²) in [6.45, 7) is 9.26. The van der Waals surface area contributed by atoms with Gasteiger partial charge in [-0.1, -0.05) is 88.4 Å². The van der Waals surface area contributed by atoms with E-state index in [4.69, 9.17) is 9.47 Å². The molecule has 2 heterocycles. The molecule has 1 N–H and O–H groups in total. The lowest BCUT2D eigenvalue weighted by atomic mass is 9.91. The Bertz CT molecular complexity index is 1570. The van der Waals surface area contributed by atoms with Gasteiger partial charge in [-0.25, -0.2) is 4.79 Å². The third-order valence-electron chi connectivity index (χ3n) is 7.91. The smallest absolute Gasteiger partial charge is 0.356 e. The van der Waals surface area contributed by atoms with Crippen molar-refractivity contribution in [3.8, 4) is 5.75 Å². The molecule has 1 amide bonds. The van der Waals surface area contributed by atoms with E-state index in [2.05, 4.69) is 4.99 Å². The zero-order valence-electron chi connectivity index (χ0n) is 26.1. The minimum atomic E-state index is -0.708. The number of aromatic hydroxyl groups is 1. The normalized spacial score (nSPS) is 18.0. The number of esters is 2. The van der Waals surface area contributed by atoms with E-state index in [1.807, 2.05) is 100 Å². The Hall–Kier alpha value is -4.37. The Balaban J connectivity index is 1.44. The second kappa shape index (κ2) is 13.7. The molecule has 9 heteroatoms. The van der Waals surface area contributed by atoms with Crippen LogP contribution >= 0.6 is 11.8 Å². The predicted molar refractivity (Wildman–Crippen MR) is 175 cm³/mol. The molecule has 0 aliphatic carbocycles. The fourth-order valence-electron chi connectivity index (χ4n) is 5.53. The van der Waals surface area contributed by atoms with Crippen LogP contribution in [0.15, 0.2) is 89.1 Å². The minimum absolute atomic E-state index is 0.0992. The molecular weight excluding hydrogens is 588 g/mol. The van der Waals surface area contributed by atoms with Crippen LogP contribution in [0.3, 0.4) is 0 Å². The molecule has 2 aliphatic heterocycles. The lowest BCUT2D eigenvalue weighted by molar-refractivity contribution is -0.153. The molecule has 3 aromatic carbocycles. The average Bonchev–Trinajstić information content (AvgIpc) is 3.03. The minimum Gasteiger partial charge on any atom is -0.507 e. The molecular formula is C36H38N2O6S. The highest BCUT2D eigenvalue weighted by molar-refractivity contribution is 8.00. The molecule has 0 bridgehead atoms. The molecule has 8 nitrogen and oxygen atoms in total. The summed E-state index contributed by atoms with van der Waals surface area (Å²) >= 11 is 1.47. The van der Waals surface area contributed by atoms with Gasteiger partial charge in [-0.05, 0) is 51.8 Å². The second-order valence-corrected chi connectivity index (χ2v) is 12.9. The van der Waals surface area contributed by atoms with Gasteiger partial charge < -0.3 is 14.6 Å². The third kappa shape index (κ3) is 6.83. The molecule has 1 saturated heterocycles. The van der Waals surface area contributed by atoms with E-state index >= 15 is 0 Å². The molecule has 0 spiro atoms. The van der Waals surface area contributed by atoms with Gasteiger partial charge in [0.15, 0.2) is 12.1 Å². The number of fused-ring (bicyclic) bond motifs is 1. The number of carbonyl (C=O) groups is 3. The Morgan fingerprint density at radius 2 is 1.53 bits per heavy atom. The van der Waals surface area contributed by atoms with Gasteiger partial charge in [0.1, 0.15) is 23.4 Å². The summed E-state index contributed by atoms with van der Waals surface area (Å²) in [7, 11) is 0. The monoisotopic (exact) mass is 626 g/mol. The zero-order chi connectivity index (χ0) is 32.2. The standard InChI is InChI=1S/C36H38N2O6S/c1-21(2)28-16-24(17-29(22(3)4)32(28)40)18-37-30-34(41)38-31(27(19-43-23(5)39)20-45-35(30)38)36(42)44-33(25-12-8-6-9-13-25)26-14-10-7-11-15-26/h6-18,21-22,30,33,35,40H,19-20H2,1-5H3/t30?,35-/m0/s1. The molecule has 234 valence electrons. The van der Waals surface area contributed by atoms with E-state index in [9.17, 15) is 19.5 Å². The van der Waals surface area contributed by atoms with Crippen LogP contribution in [0.1, 0.15) is 80.4 Å². The average molecular weight is 627 g/mol. The van der Waals surface area contributed by atoms with Crippen molar-refractivity contribution in [2.24, 2.45) is 4.99 Å². The van der Waals surface area contributed by atoms with Gasteiger partial charge in [0.25, 0.3) is 5.91 Å². The zero-order valence-corrected chi connectivity index (χ0v) is 26.9. The van der Waals surface area contributed by atoms with Crippen LogP contribution in [-0.4, -0.2) is 57.8 Å². The number of phenolic OH excluding ortho intramolecular Hbond substituents is 1. The van der Waals surface area contributed by atoms with E-state index in [1.165, 1.54) is 23.6 Å². The maximum Gasteiger partial charge on any atom is 0.356 e. The molecule has 0 aromatic heterocycles. The van der Waals surface area contributed by atoms with Crippen LogP contribution in [-0.2, 0) is 23.9 Å². The first-order valence-electron chi connectivity index (χ1n) is 15.1. The molecule has 0 saturated carbocycles. The quantitative estimate of drug-likeness (QED) is 0.156. The maximum atomic E-state index is 14.0. The molecule has 1 unspecified atom stereocenters. The number of hydrogen-bond acceptors (Lipinski definition) is 8. The fourth-order valence-corrected chi connectivity index (χ4v) is 6.85.